The van der Waals surface area contributed by atoms with Crippen LogP contribution in [0.15, 0.2) is 85.0 Å². The molecule has 0 spiro atoms. The lowest BCUT2D eigenvalue weighted by molar-refractivity contribution is -0.133. The van der Waals surface area contributed by atoms with Crippen LogP contribution in [0.5, 0.6) is 0 Å². The maximum Gasteiger partial charge on any atom is 0.251 e. The molecule has 0 saturated carbocycles. The molecule has 3 atom stereocenters. The molecule has 0 aliphatic carbocycles. The number of halogens is 2. The summed E-state index contributed by atoms with van der Waals surface area (Å²) in [7, 11) is 0. The summed E-state index contributed by atoms with van der Waals surface area (Å²) in [6.07, 6.45) is 9.26. The van der Waals surface area contributed by atoms with Gasteiger partial charge in [-0.05, 0) is 55.6 Å². The monoisotopic (exact) mass is 596 g/mol. The van der Waals surface area contributed by atoms with Gasteiger partial charge in [0.15, 0.2) is 0 Å². The van der Waals surface area contributed by atoms with Crippen LogP contribution >= 0.6 is 23.2 Å². The molecule has 0 aromatic heterocycles. The number of rotatable bonds is 13. The molecule has 0 bridgehead atoms. The minimum absolute atomic E-state index is 0.00491. The third-order valence-corrected chi connectivity index (χ3v) is 7.89. The van der Waals surface area contributed by atoms with E-state index in [1.165, 1.54) is 0 Å². The highest BCUT2D eigenvalue weighted by atomic mass is 35.5. The van der Waals surface area contributed by atoms with Gasteiger partial charge in [-0.2, -0.15) is 0 Å². The van der Waals surface area contributed by atoms with Gasteiger partial charge in [0.1, 0.15) is 0 Å². The Balaban J connectivity index is 1.81. The predicted octanol–water partition coefficient (Wildman–Crippen LogP) is 6.14. The smallest absolute Gasteiger partial charge is 0.251 e. The lowest BCUT2D eigenvalue weighted by atomic mass is 9.89. The van der Waals surface area contributed by atoms with E-state index in [1.807, 2.05) is 42.2 Å². The molecule has 3 N–H and O–H groups in total. The summed E-state index contributed by atoms with van der Waals surface area (Å²) in [5.41, 5.74) is 2.69. The molecule has 2 aromatic carbocycles. The van der Waals surface area contributed by atoms with Crippen molar-refractivity contribution in [2.75, 3.05) is 26.2 Å². The third kappa shape index (κ3) is 9.86. The lowest BCUT2D eigenvalue weighted by Gasteiger charge is -2.30. The van der Waals surface area contributed by atoms with Crippen LogP contribution in [0, 0.1) is 0 Å². The molecule has 1 fully saturated rings. The normalized spacial score (nSPS) is 18.9. The first-order valence-corrected chi connectivity index (χ1v) is 15.0. The van der Waals surface area contributed by atoms with E-state index in [9.17, 15) is 9.59 Å². The molecule has 0 radical (unpaired) electrons. The van der Waals surface area contributed by atoms with E-state index in [0.717, 1.165) is 11.1 Å². The van der Waals surface area contributed by atoms with Gasteiger partial charge < -0.3 is 20.9 Å². The molecule has 41 heavy (non-hydrogen) atoms. The maximum absolute atomic E-state index is 14.0. The summed E-state index contributed by atoms with van der Waals surface area (Å²) in [6.45, 7) is 12.3. The highest BCUT2D eigenvalue weighted by molar-refractivity contribution is 6.42. The van der Waals surface area contributed by atoms with Gasteiger partial charge in [0.25, 0.3) is 5.91 Å². The molecule has 220 valence electrons. The molecule has 6 nitrogen and oxygen atoms in total. The highest BCUT2D eigenvalue weighted by Crippen LogP contribution is 2.28. The van der Waals surface area contributed by atoms with Crippen LogP contribution in [0.1, 0.15) is 55.5 Å². The molecule has 1 heterocycles. The third-order valence-electron chi connectivity index (χ3n) is 7.15. The number of amides is 2. The van der Waals surface area contributed by atoms with Crippen molar-refractivity contribution in [2.45, 2.75) is 57.7 Å². The van der Waals surface area contributed by atoms with Crippen molar-refractivity contribution in [2.24, 2.45) is 0 Å². The van der Waals surface area contributed by atoms with Gasteiger partial charge in [0.2, 0.25) is 5.91 Å². The zero-order chi connectivity index (χ0) is 29.8. The summed E-state index contributed by atoms with van der Waals surface area (Å²) in [5, 5.41) is 10.7. The van der Waals surface area contributed by atoms with E-state index in [-0.39, 0.29) is 29.8 Å². The van der Waals surface area contributed by atoms with E-state index in [2.05, 4.69) is 54.6 Å². The maximum atomic E-state index is 14.0. The van der Waals surface area contributed by atoms with E-state index < -0.39 is 0 Å². The first-order chi connectivity index (χ1) is 19.7. The largest absolute Gasteiger partial charge is 0.350 e. The second-order valence-corrected chi connectivity index (χ2v) is 11.4. The molecule has 3 unspecified atom stereocenters. The van der Waals surface area contributed by atoms with Crippen molar-refractivity contribution in [3.63, 3.8) is 0 Å². The van der Waals surface area contributed by atoms with Gasteiger partial charge in [-0.1, -0.05) is 98.3 Å². The van der Waals surface area contributed by atoms with Crippen molar-refractivity contribution >= 4 is 35.0 Å². The minimum atomic E-state index is -0.374. The Morgan fingerprint density at radius 2 is 1.93 bits per heavy atom. The average Bonchev–Trinajstić information content (AvgIpc) is 3.10. The van der Waals surface area contributed by atoms with Gasteiger partial charge in [-0.3, -0.25) is 9.59 Å². The van der Waals surface area contributed by atoms with Gasteiger partial charge in [-0.15, -0.1) is 0 Å². The fraction of sp³-hybridized carbons (Fsp3) is 0.394. The molecule has 1 saturated heterocycles. The Kier molecular flexibility index (Phi) is 13.1. The van der Waals surface area contributed by atoms with E-state index in [1.54, 1.807) is 24.3 Å². The van der Waals surface area contributed by atoms with Gasteiger partial charge in [0, 0.05) is 43.2 Å². The predicted molar refractivity (Wildman–Crippen MR) is 171 cm³/mol. The Bertz CT molecular complexity index is 1230. The van der Waals surface area contributed by atoms with Crippen LogP contribution in [0.2, 0.25) is 10.0 Å². The van der Waals surface area contributed by atoms with Crippen LogP contribution in [-0.2, 0) is 4.79 Å². The highest BCUT2D eigenvalue weighted by Gasteiger charge is 2.32. The van der Waals surface area contributed by atoms with Crippen molar-refractivity contribution in [3.05, 3.63) is 106 Å². The number of allylic oxidation sites excluding steroid dienone is 4. The van der Waals surface area contributed by atoms with E-state index in [0.29, 0.717) is 60.7 Å². The quantitative estimate of drug-likeness (QED) is 0.243. The molecule has 2 aromatic rings. The topological polar surface area (TPSA) is 73.5 Å². The molecule has 3 rings (SSSR count). The fourth-order valence-corrected chi connectivity index (χ4v) is 5.33. The van der Waals surface area contributed by atoms with Gasteiger partial charge >= 0.3 is 0 Å². The number of carbonyl (C=O) groups is 2. The van der Waals surface area contributed by atoms with Gasteiger partial charge in [0.05, 0.1) is 16.1 Å². The summed E-state index contributed by atoms with van der Waals surface area (Å²) in [5.74, 6) is -0.159. The molecular weight excluding hydrogens is 555 g/mol. The summed E-state index contributed by atoms with van der Waals surface area (Å²) in [6, 6.07) is 15.0. The van der Waals surface area contributed by atoms with Crippen molar-refractivity contribution < 1.29 is 9.59 Å². The summed E-state index contributed by atoms with van der Waals surface area (Å²) >= 11 is 12.1. The Hall–Kier alpha value is -2.90. The SMILES string of the molecule is C=C/C=C(\C=C/C)C(CN1CCC(CNC(=O)c2ccc(Cl)c(Cl)c2)NC(CCNC(C)C)C1=O)c1ccccc1. The van der Waals surface area contributed by atoms with E-state index >= 15 is 0 Å². The molecule has 1 aliphatic rings. The second-order valence-electron chi connectivity index (χ2n) is 10.6. The van der Waals surface area contributed by atoms with E-state index in [4.69, 9.17) is 23.2 Å². The zero-order valence-corrected chi connectivity index (χ0v) is 25.7. The standard InChI is InChI=1S/C33H42Cl2N4O2/c1-5-10-24(11-6-2)28(25-12-8-7-9-13-25)22-39-19-17-27(38-31(33(39)41)16-18-36-23(3)4)21-37-32(40)26-14-15-29(34)30(35)20-26/h5-15,20,23,27-28,31,36,38H,1,16-19,21-22H2,2-4H3,(H,37,40)/b11-6-,24-10+. The molecule has 2 amide bonds. The fourth-order valence-electron chi connectivity index (χ4n) is 5.03. The Morgan fingerprint density at radius 3 is 2.59 bits per heavy atom. The number of hydrogen-bond donors (Lipinski definition) is 3. The lowest BCUT2D eigenvalue weighted by Crippen LogP contribution is -2.50. The summed E-state index contributed by atoms with van der Waals surface area (Å²) in [4.78, 5) is 28.8. The first-order valence-electron chi connectivity index (χ1n) is 14.2. The van der Waals surface area contributed by atoms with Crippen LogP contribution in [0.3, 0.4) is 0 Å². The second kappa shape index (κ2) is 16.5. The molecule has 8 heteroatoms. The average molecular weight is 598 g/mol. The number of nitrogens with zero attached hydrogens (tertiary/aromatic N) is 1. The minimum Gasteiger partial charge on any atom is -0.350 e. The van der Waals surface area contributed by atoms with Crippen molar-refractivity contribution in [1.29, 1.82) is 0 Å². The number of benzene rings is 2. The van der Waals surface area contributed by atoms with Crippen LogP contribution in [-0.4, -0.2) is 61.0 Å². The molecule has 1 aliphatic heterocycles. The van der Waals surface area contributed by atoms with Crippen LogP contribution in [0.25, 0.3) is 0 Å². The van der Waals surface area contributed by atoms with Crippen LogP contribution in [0.4, 0.5) is 0 Å². The van der Waals surface area contributed by atoms with Crippen molar-refractivity contribution in [1.82, 2.24) is 20.9 Å². The zero-order valence-electron chi connectivity index (χ0n) is 24.2. The Labute approximate surface area is 254 Å². The number of hydrogen-bond acceptors (Lipinski definition) is 4. The van der Waals surface area contributed by atoms with Gasteiger partial charge in [-0.25, -0.2) is 0 Å². The first kappa shape index (κ1) is 32.6. The van der Waals surface area contributed by atoms with Crippen LogP contribution < -0.4 is 16.0 Å². The van der Waals surface area contributed by atoms with Crippen molar-refractivity contribution in [3.8, 4) is 0 Å². The molecular formula is C33H42Cl2N4O2. The number of nitrogens with one attached hydrogen (secondary N) is 3. The summed E-state index contributed by atoms with van der Waals surface area (Å²) < 4.78 is 0. The Morgan fingerprint density at radius 1 is 1.17 bits per heavy atom. The number of carbonyl (C=O) groups excluding carboxylic acids is 2.